The maximum absolute atomic E-state index is 6.48. The molecule has 0 aliphatic rings. The van der Waals surface area contributed by atoms with E-state index in [0.29, 0.717) is 169 Å². The van der Waals surface area contributed by atoms with E-state index in [0.717, 1.165) is 68.9 Å². The molecular weight excluding hydrogens is 2050 g/mol. The summed E-state index contributed by atoms with van der Waals surface area (Å²) in [7, 11) is 0. The zero-order valence-electron chi connectivity index (χ0n) is 56.4. The maximum atomic E-state index is 6.48. The number of halogens is 13. The van der Waals surface area contributed by atoms with Crippen LogP contribution in [0.5, 0.6) is 0 Å². The number of aromatic nitrogens is 20. The van der Waals surface area contributed by atoms with Gasteiger partial charge in [-0.3, -0.25) is 5.10 Å². The smallest absolute Gasteiger partial charge is 0.187 e. The summed E-state index contributed by atoms with van der Waals surface area (Å²) < 4.78 is 5.79. The van der Waals surface area contributed by atoms with Crippen LogP contribution in [-0.2, 0) is 23.7 Å². The molecule has 0 unspecified atom stereocenters. The number of hydrogen-bond donors (Lipinski definition) is 4. The van der Waals surface area contributed by atoms with Crippen molar-refractivity contribution in [3.8, 4) is 45.0 Å². The average molecular weight is 2090 g/mol. The Hall–Kier alpha value is -8.36. The first-order valence-corrected chi connectivity index (χ1v) is 41.0. The molecule has 7 N–H and O–H groups in total. The third-order valence-corrected chi connectivity index (χ3v) is 22.5. The number of fused-ring (bicyclic) bond motifs is 7. The molecule has 0 atom stereocenters. The number of H-pyrrole nitrogens is 1. The molecule has 8 aromatic carbocycles. The van der Waals surface area contributed by atoms with E-state index < -0.39 is 0 Å². The predicted molar refractivity (Wildman–Crippen MR) is 477 cm³/mol. The molecule has 0 fully saturated rings. The molecule has 0 aliphatic carbocycles. The highest BCUT2D eigenvalue weighted by atomic mass is 127. The van der Waals surface area contributed by atoms with Crippen LogP contribution in [0.25, 0.3) is 122 Å². The molecule has 0 saturated heterocycles. The Balaban J connectivity index is 0.000000119. The lowest BCUT2D eigenvalue weighted by atomic mass is 10.1. The number of anilines is 3. The van der Waals surface area contributed by atoms with E-state index in [1.54, 1.807) is 21.5 Å². The number of nitrogens with zero attached hydrogens (tertiary/aromatic N) is 19. The molecule has 0 spiro atoms. The van der Waals surface area contributed by atoms with Gasteiger partial charge in [-0.15, -0.1) is 0 Å². The molecule has 18 aromatic rings. The van der Waals surface area contributed by atoms with Crippen molar-refractivity contribution in [2.75, 3.05) is 17.2 Å². The summed E-state index contributed by atoms with van der Waals surface area (Å²) in [6.45, 7) is 0.636. The van der Waals surface area contributed by atoms with Gasteiger partial charge in [0.25, 0.3) is 0 Å². The molecule has 552 valence electrons. The van der Waals surface area contributed by atoms with Gasteiger partial charge in [0, 0.05) is 32.9 Å². The van der Waals surface area contributed by atoms with Crippen LogP contribution in [0.2, 0.25) is 40.2 Å². The van der Waals surface area contributed by atoms with Gasteiger partial charge < -0.3 is 17.2 Å². The van der Waals surface area contributed by atoms with Gasteiger partial charge in [-0.05, 0) is 141 Å². The number of hydrogen-bond acceptors (Lipinski definition) is 20. The zero-order chi connectivity index (χ0) is 77.7. The number of aromatic amines is 1. The van der Waals surface area contributed by atoms with Crippen molar-refractivity contribution in [1.82, 2.24) is 99.5 Å². The summed E-state index contributed by atoms with van der Waals surface area (Å²) in [5.41, 5.74) is 34.2. The highest BCUT2D eigenvalue weighted by molar-refractivity contribution is 14.1. The Morgan fingerprint density at radius 1 is 0.333 bits per heavy atom. The van der Waals surface area contributed by atoms with Crippen molar-refractivity contribution in [2.45, 2.75) is 23.7 Å². The van der Waals surface area contributed by atoms with Gasteiger partial charge in [0.15, 0.2) is 16.9 Å². The molecule has 23 nitrogen and oxygen atoms in total. The Morgan fingerprint density at radius 3 is 1.04 bits per heavy atom. The number of nitrogens with one attached hydrogen (secondary N) is 1. The molecule has 0 bridgehead atoms. The normalized spacial score (nSPS) is 11.2. The minimum absolute atomic E-state index is 0.310. The molecule has 0 amide bonds. The second-order valence-electron chi connectivity index (χ2n) is 23.5. The summed E-state index contributed by atoms with van der Waals surface area (Å²) >= 11 is 63.9. The van der Waals surface area contributed by atoms with Crippen LogP contribution in [0.15, 0.2) is 189 Å². The van der Waals surface area contributed by atoms with Crippen LogP contribution < -0.4 is 17.2 Å². The van der Waals surface area contributed by atoms with Crippen molar-refractivity contribution >= 4 is 287 Å². The van der Waals surface area contributed by atoms with E-state index >= 15 is 0 Å². The minimum atomic E-state index is 0.310. The summed E-state index contributed by atoms with van der Waals surface area (Å²) in [5, 5.41) is 24.0. The van der Waals surface area contributed by atoms with Gasteiger partial charge >= 0.3 is 0 Å². The van der Waals surface area contributed by atoms with Crippen LogP contribution >= 0.6 is 192 Å². The maximum Gasteiger partial charge on any atom is 0.187 e. The van der Waals surface area contributed by atoms with E-state index in [9.17, 15) is 0 Å². The van der Waals surface area contributed by atoms with Gasteiger partial charge in [-0.2, -0.15) is 15.3 Å². The van der Waals surface area contributed by atoms with Crippen LogP contribution in [0.4, 0.5) is 17.5 Å². The number of rotatable bonds is 10. The summed E-state index contributed by atoms with van der Waals surface area (Å²) in [6.07, 6.45) is 4.24. The summed E-state index contributed by atoms with van der Waals surface area (Å²) in [4.78, 5) is 62.5. The van der Waals surface area contributed by atoms with Crippen molar-refractivity contribution in [3.05, 3.63) is 263 Å². The van der Waals surface area contributed by atoms with Crippen LogP contribution in [0.1, 0.15) is 22.8 Å². The predicted octanol–water partition coefficient (Wildman–Crippen LogP) is 21.5. The first-order chi connectivity index (χ1) is 53.7. The molecule has 10 aromatic heterocycles. The van der Waals surface area contributed by atoms with Crippen LogP contribution in [0, 0.1) is 11.1 Å². The molecule has 0 saturated carbocycles. The molecule has 10 heterocycles. The van der Waals surface area contributed by atoms with Gasteiger partial charge in [-0.1, -0.05) is 222 Å². The number of nitrogen functional groups attached to an aromatic ring is 3. The first kappa shape index (κ1) is 79.3. The monoisotopic (exact) mass is 2090 g/mol. The van der Waals surface area contributed by atoms with Crippen LogP contribution in [-0.4, -0.2) is 99.5 Å². The molecule has 18 rings (SSSR count). The SMILES string of the molecule is Clc1ccccc1-c1nc2c(Cl)cccc2nc1CBr.Clc1ccccc1-c1nc2cccc(Cl)c2nc1CBr.Nc1ncnc2c1c(I)nn2Cc1nc2c(Cl)cccc2nc1-c1ccccc1Cl.Nc1ncnc2c1c(I)nn2Cc1nc2cccc(Cl)c2nc1-c1ccccc1Cl.Nc1ncnc2n[nH]c(I)c12. The molecular formula is C75H46Br2Cl8I3N23. The fraction of sp³-hybridized carbons (Fsp3) is 0.0533. The molecule has 0 aliphatic heterocycles. The minimum Gasteiger partial charge on any atom is -0.383 e. The summed E-state index contributed by atoms with van der Waals surface area (Å²) in [6, 6.07) is 52.4. The van der Waals surface area contributed by atoms with Gasteiger partial charge in [-0.25, -0.2) is 79.1 Å². The molecule has 0 radical (unpaired) electrons. The highest BCUT2D eigenvalue weighted by Crippen LogP contribution is 2.38. The second kappa shape index (κ2) is 35.4. The quantitative estimate of drug-likeness (QED) is 0.0730. The average Bonchev–Trinajstić information content (AvgIpc) is 1.75. The van der Waals surface area contributed by atoms with Crippen molar-refractivity contribution in [1.29, 1.82) is 0 Å². The topological polar surface area (TPSA) is 323 Å². The fourth-order valence-electron chi connectivity index (χ4n) is 11.5. The molecule has 111 heavy (non-hydrogen) atoms. The van der Waals surface area contributed by atoms with Gasteiger partial charge in [0.1, 0.15) is 69.6 Å². The number of alkyl halides is 2. The lowest BCUT2D eigenvalue weighted by Crippen LogP contribution is -2.08. The summed E-state index contributed by atoms with van der Waals surface area (Å²) in [5.74, 6) is 1.24. The third kappa shape index (κ3) is 17.1. The standard InChI is InChI=1S/2C20H12Cl2IN7.2C15H9BrCl2N2.C5H4IN5/c21-11-5-2-1-4-10(11)16-14(28-17-12(22)6-3-7-13(17)27-16)8-30-20-15(18(23)29-30)19(24)25-9-26-20;21-11-5-2-1-4-10(11)16-14(27-13-7-3-6-12(22)17(13)28-16)8-30-20-15(18(23)29-30)19(24)25-9-26-20;16-8-13-14(9-4-1-2-5-10(9)17)19-12-7-3-6-11(18)15(12)20-13;16-8-13-14(9-4-1-2-5-10(9)17)20-15-11(18)6-3-7-12(15)19-13;6-3-2-4(7)8-1-9-5(2)11-10-3/h2*1-7,9H,8H2,(H2,24,25,26);2*1-7H,8H2;1H,(H3,7,8,9,10,11). The van der Waals surface area contributed by atoms with E-state index in [4.69, 9.17) is 130 Å². The number of para-hydroxylation sites is 4. The van der Waals surface area contributed by atoms with Crippen molar-refractivity contribution < 1.29 is 0 Å². The Labute approximate surface area is 727 Å². The van der Waals surface area contributed by atoms with E-state index in [1.165, 1.54) is 19.0 Å². The second-order valence-corrected chi connectivity index (χ2v) is 31.0. The van der Waals surface area contributed by atoms with Crippen molar-refractivity contribution in [2.24, 2.45) is 0 Å². The Bertz CT molecular complexity index is 6610. The van der Waals surface area contributed by atoms with Crippen molar-refractivity contribution in [3.63, 3.8) is 0 Å². The van der Waals surface area contributed by atoms with E-state index in [-0.39, 0.29) is 0 Å². The number of nitrogens with two attached hydrogens (primary N) is 3. The lowest BCUT2D eigenvalue weighted by Gasteiger charge is -2.12. The van der Waals surface area contributed by atoms with E-state index in [1.807, 2.05) is 158 Å². The largest absolute Gasteiger partial charge is 0.383 e. The zero-order valence-corrected chi connectivity index (χ0v) is 72.1. The third-order valence-electron chi connectivity index (χ3n) is 16.6. The van der Waals surface area contributed by atoms with E-state index in [2.05, 4.69) is 170 Å². The lowest BCUT2D eigenvalue weighted by molar-refractivity contribution is 0.684. The first-order valence-electron chi connectivity index (χ1n) is 32.5. The van der Waals surface area contributed by atoms with Crippen LogP contribution in [0.3, 0.4) is 0 Å². The molecule has 36 heteroatoms. The van der Waals surface area contributed by atoms with Gasteiger partial charge in [0.2, 0.25) is 0 Å². The fourth-order valence-corrected chi connectivity index (χ4v) is 16.2. The van der Waals surface area contributed by atoms with Gasteiger partial charge in [0.05, 0.1) is 137 Å². The Kier molecular flexibility index (Phi) is 25.3. The number of benzene rings is 8. The highest BCUT2D eigenvalue weighted by Gasteiger charge is 2.24. The Morgan fingerprint density at radius 2 is 0.640 bits per heavy atom.